The number of pyridine rings is 1. The molecular weight excluding hydrogens is 368 g/mol. The Labute approximate surface area is 150 Å². The van der Waals surface area contributed by atoms with Crippen molar-refractivity contribution in [3.05, 3.63) is 52.6 Å². The Bertz CT molecular complexity index is 701. The Kier molecular flexibility index (Phi) is 5.69. The van der Waals surface area contributed by atoms with Gasteiger partial charge in [-0.15, -0.1) is 0 Å². The quantitative estimate of drug-likeness (QED) is 0.826. The molecule has 1 aliphatic rings. The molecule has 0 aliphatic carbocycles. The first-order chi connectivity index (χ1) is 11.7. The normalized spacial score (nSPS) is 14.3. The van der Waals surface area contributed by atoms with E-state index < -0.39 is 0 Å². The lowest BCUT2D eigenvalue weighted by molar-refractivity contribution is 0.251. The number of hydrogen-bond acceptors (Lipinski definition) is 3. The molecule has 1 fully saturated rings. The van der Waals surface area contributed by atoms with Crippen LogP contribution < -0.4 is 15.5 Å². The van der Waals surface area contributed by atoms with Gasteiger partial charge in [-0.3, -0.25) is 0 Å². The Hall–Kier alpha value is -2.08. The fourth-order valence-corrected chi connectivity index (χ4v) is 3.19. The number of carbonyl (C=O) groups is 1. The average molecular weight is 389 g/mol. The van der Waals surface area contributed by atoms with E-state index >= 15 is 0 Å². The van der Waals surface area contributed by atoms with Gasteiger partial charge in [0.25, 0.3) is 0 Å². The summed E-state index contributed by atoms with van der Waals surface area (Å²) in [4.78, 5) is 18.8. The van der Waals surface area contributed by atoms with Gasteiger partial charge < -0.3 is 15.5 Å². The Morgan fingerprint density at radius 2 is 2.00 bits per heavy atom. The first kappa shape index (κ1) is 16.8. The highest BCUT2D eigenvalue weighted by Gasteiger charge is 2.12. The topological polar surface area (TPSA) is 57.3 Å². The summed E-state index contributed by atoms with van der Waals surface area (Å²) in [5.74, 6) is 1.00. The summed E-state index contributed by atoms with van der Waals surface area (Å²) >= 11 is 3.39. The van der Waals surface area contributed by atoms with E-state index in [9.17, 15) is 4.79 Å². The lowest BCUT2D eigenvalue weighted by Crippen LogP contribution is -2.31. The molecule has 0 atom stereocenters. The van der Waals surface area contributed by atoms with Crippen LogP contribution in [-0.2, 0) is 6.54 Å². The maximum Gasteiger partial charge on any atom is 0.319 e. The molecule has 1 aromatic carbocycles. The molecule has 1 aliphatic heterocycles. The molecule has 0 radical (unpaired) electrons. The van der Waals surface area contributed by atoms with E-state index in [0.717, 1.165) is 34.6 Å². The highest BCUT2D eigenvalue weighted by Crippen LogP contribution is 2.18. The highest BCUT2D eigenvalue weighted by atomic mass is 79.9. The SMILES string of the molecule is O=C(NCc1ccnc(N2CCCCC2)c1)Nc1cccc(Br)c1. The number of urea groups is 1. The van der Waals surface area contributed by atoms with Gasteiger partial charge in [-0.25, -0.2) is 9.78 Å². The second-order valence-electron chi connectivity index (χ2n) is 5.89. The fourth-order valence-electron chi connectivity index (χ4n) is 2.79. The number of amides is 2. The predicted molar refractivity (Wildman–Crippen MR) is 100 cm³/mol. The molecule has 1 saturated heterocycles. The minimum Gasteiger partial charge on any atom is -0.357 e. The summed E-state index contributed by atoms with van der Waals surface area (Å²) < 4.78 is 0.931. The number of nitrogens with zero attached hydrogens (tertiary/aromatic N) is 2. The van der Waals surface area contributed by atoms with Gasteiger partial charge in [-0.2, -0.15) is 0 Å². The first-order valence-electron chi connectivity index (χ1n) is 8.21. The number of piperidine rings is 1. The van der Waals surface area contributed by atoms with Crippen LogP contribution in [0.1, 0.15) is 24.8 Å². The van der Waals surface area contributed by atoms with E-state index in [1.807, 2.05) is 36.5 Å². The number of halogens is 1. The molecule has 0 unspecified atom stereocenters. The monoisotopic (exact) mass is 388 g/mol. The molecule has 0 saturated carbocycles. The number of benzene rings is 1. The summed E-state index contributed by atoms with van der Waals surface area (Å²) in [5, 5.41) is 5.71. The van der Waals surface area contributed by atoms with Gasteiger partial charge in [0.2, 0.25) is 0 Å². The third-order valence-corrected chi connectivity index (χ3v) is 4.52. The zero-order valence-electron chi connectivity index (χ0n) is 13.5. The summed E-state index contributed by atoms with van der Waals surface area (Å²) in [7, 11) is 0. The Balaban J connectivity index is 1.55. The number of carbonyl (C=O) groups excluding carboxylic acids is 1. The van der Waals surface area contributed by atoms with Gasteiger partial charge in [0, 0.05) is 36.0 Å². The van der Waals surface area contributed by atoms with E-state index in [2.05, 4.69) is 42.5 Å². The van der Waals surface area contributed by atoms with Crippen LogP contribution in [0.15, 0.2) is 47.1 Å². The van der Waals surface area contributed by atoms with E-state index in [-0.39, 0.29) is 6.03 Å². The standard InChI is InChI=1S/C18H21BrN4O/c19-15-5-4-6-16(12-15)22-18(24)21-13-14-7-8-20-17(11-14)23-9-2-1-3-10-23/h4-8,11-12H,1-3,9-10,13H2,(H2,21,22,24). The van der Waals surface area contributed by atoms with Gasteiger partial charge in [-0.05, 0) is 55.2 Å². The van der Waals surface area contributed by atoms with Gasteiger partial charge >= 0.3 is 6.03 Å². The van der Waals surface area contributed by atoms with Crippen LogP contribution in [0.4, 0.5) is 16.3 Å². The molecule has 0 spiro atoms. The molecule has 0 bridgehead atoms. The van der Waals surface area contributed by atoms with Crippen molar-refractivity contribution in [3.63, 3.8) is 0 Å². The third-order valence-electron chi connectivity index (χ3n) is 4.03. The molecule has 126 valence electrons. The Morgan fingerprint density at radius 3 is 2.79 bits per heavy atom. The first-order valence-corrected chi connectivity index (χ1v) is 9.00. The van der Waals surface area contributed by atoms with Crippen LogP contribution in [-0.4, -0.2) is 24.1 Å². The van der Waals surface area contributed by atoms with E-state index in [0.29, 0.717) is 6.54 Å². The molecule has 1 aromatic heterocycles. The molecule has 2 aromatic rings. The van der Waals surface area contributed by atoms with Crippen LogP contribution >= 0.6 is 15.9 Å². The summed E-state index contributed by atoms with van der Waals surface area (Å²) in [6, 6.07) is 11.3. The fraction of sp³-hybridized carbons (Fsp3) is 0.333. The zero-order valence-corrected chi connectivity index (χ0v) is 15.1. The minimum absolute atomic E-state index is 0.218. The van der Waals surface area contributed by atoms with Crippen LogP contribution in [0.25, 0.3) is 0 Å². The minimum atomic E-state index is -0.218. The van der Waals surface area contributed by atoms with Crippen molar-refractivity contribution in [1.29, 1.82) is 0 Å². The largest absolute Gasteiger partial charge is 0.357 e. The molecular formula is C18H21BrN4O. The van der Waals surface area contributed by atoms with Crippen molar-refractivity contribution >= 4 is 33.5 Å². The summed E-state index contributed by atoms with van der Waals surface area (Å²) in [5.41, 5.74) is 1.81. The number of aromatic nitrogens is 1. The second kappa shape index (κ2) is 8.15. The second-order valence-corrected chi connectivity index (χ2v) is 6.80. The number of anilines is 2. The maximum atomic E-state index is 12.0. The summed E-state index contributed by atoms with van der Waals surface area (Å²) in [6.07, 6.45) is 5.55. The van der Waals surface area contributed by atoms with Crippen molar-refractivity contribution in [1.82, 2.24) is 10.3 Å². The average Bonchev–Trinajstić information content (AvgIpc) is 2.61. The number of hydrogen-bond donors (Lipinski definition) is 2. The van der Waals surface area contributed by atoms with E-state index in [1.165, 1.54) is 19.3 Å². The van der Waals surface area contributed by atoms with Crippen molar-refractivity contribution in [2.45, 2.75) is 25.8 Å². The predicted octanol–water partition coefficient (Wildman–Crippen LogP) is 4.16. The zero-order chi connectivity index (χ0) is 16.8. The molecule has 24 heavy (non-hydrogen) atoms. The van der Waals surface area contributed by atoms with Crippen LogP contribution in [0.3, 0.4) is 0 Å². The lowest BCUT2D eigenvalue weighted by Gasteiger charge is -2.27. The van der Waals surface area contributed by atoms with Gasteiger partial charge in [0.15, 0.2) is 0 Å². The number of nitrogens with one attached hydrogen (secondary N) is 2. The highest BCUT2D eigenvalue weighted by molar-refractivity contribution is 9.10. The van der Waals surface area contributed by atoms with Crippen LogP contribution in [0.2, 0.25) is 0 Å². The lowest BCUT2D eigenvalue weighted by atomic mass is 10.1. The van der Waals surface area contributed by atoms with Crippen molar-refractivity contribution in [3.8, 4) is 0 Å². The smallest absolute Gasteiger partial charge is 0.319 e. The van der Waals surface area contributed by atoms with Gasteiger partial charge in [0.1, 0.15) is 5.82 Å². The molecule has 6 heteroatoms. The Morgan fingerprint density at radius 1 is 1.17 bits per heavy atom. The maximum absolute atomic E-state index is 12.0. The van der Waals surface area contributed by atoms with E-state index in [4.69, 9.17) is 0 Å². The third kappa shape index (κ3) is 4.71. The molecule has 3 rings (SSSR count). The van der Waals surface area contributed by atoms with Crippen molar-refractivity contribution < 1.29 is 4.79 Å². The van der Waals surface area contributed by atoms with Crippen LogP contribution in [0, 0.1) is 0 Å². The van der Waals surface area contributed by atoms with Crippen molar-refractivity contribution in [2.24, 2.45) is 0 Å². The van der Waals surface area contributed by atoms with Crippen molar-refractivity contribution in [2.75, 3.05) is 23.3 Å². The van der Waals surface area contributed by atoms with Gasteiger partial charge in [-0.1, -0.05) is 22.0 Å². The van der Waals surface area contributed by atoms with E-state index in [1.54, 1.807) is 0 Å². The molecule has 2 amide bonds. The molecule has 2 heterocycles. The molecule has 5 nitrogen and oxygen atoms in total. The summed E-state index contributed by atoms with van der Waals surface area (Å²) in [6.45, 7) is 2.60. The van der Waals surface area contributed by atoms with Crippen LogP contribution in [0.5, 0.6) is 0 Å². The van der Waals surface area contributed by atoms with Gasteiger partial charge in [0.05, 0.1) is 0 Å². The number of rotatable bonds is 4. The molecule has 2 N–H and O–H groups in total.